The van der Waals surface area contributed by atoms with Gasteiger partial charge in [0.1, 0.15) is 0 Å². The second-order valence-corrected chi connectivity index (χ2v) is 12.8. The number of unbranched alkanes of at least 4 members (excludes halogenated alkanes) is 4. The van der Waals surface area contributed by atoms with Gasteiger partial charge < -0.3 is 0 Å². The van der Waals surface area contributed by atoms with Gasteiger partial charge in [-0.3, -0.25) is 4.79 Å². The molecule has 0 fully saturated rings. The van der Waals surface area contributed by atoms with E-state index < -0.39 is 8.07 Å². The van der Waals surface area contributed by atoms with Gasteiger partial charge in [-0.1, -0.05) is 70.1 Å². The number of thioether (sulfide) groups is 1. The van der Waals surface area contributed by atoms with Gasteiger partial charge in [-0.15, -0.1) is 0 Å². The van der Waals surface area contributed by atoms with Gasteiger partial charge in [0.2, 0.25) is 0 Å². The Balaban J connectivity index is 3.29. The average molecular weight is 275 g/mol. The third-order valence-corrected chi connectivity index (χ3v) is 5.69. The topological polar surface area (TPSA) is 17.1 Å². The first-order valence-corrected chi connectivity index (χ1v) is 11.8. The van der Waals surface area contributed by atoms with Crippen LogP contribution in [0.3, 0.4) is 0 Å². The molecule has 3 heteroatoms. The number of carbonyl (C=O) groups is 1. The predicted molar refractivity (Wildman–Crippen MR) is 83.6 cm³/mol. The fourth-order valence-electron chi connectivity index (χ4n) is 1.73. The van der Waals surface area contributed by atoms with Gasteiger partial charge in [-0.2, -0.15) is 0 Å². The summed E-state index contributed by atoms with van der Waals surface area (Å²) < 4.78 is 0. The van der Waals surface area contributed by atoms with Crippen molar-refractivity contribution in [2.24, 2.45) is 0 Å². The number of rotatable bonds is 10. The Hall–Kier alpha value is 0.237. The molecule has 0 amide bonds. The first kappa shape index (κ1) is 17.2. The minimum absolute atomic E-state index is 0.414. The van der Waals surface area contributed by atoms with Gasteiger partial charge >= 0.3 is 0 Å². The molecule has 17 heavy (non-hydrogen) atoms. The van der Waals surface area contributed by atoms with E-state index in [0.717, 1.165) is 18.6 Å². The van der Waals surface area contributed by atoms with Crippen molar-refractivity contribution in [1.82, 2.24) is 0 Å². The average Bonchev–Trinajstić information content (AvgIpc) is 2.23. The molecule has 0 bridgehead atoms. The Kier molecular flexibility index (Phi) is 10.3. The SMILES string of the molecule is CCCCCCCC(=O)SCCC[Si](C)(C)C. The van der Waals surface area contributed by atoms with E-state index in [1.54, 1.807) is 11.8 Å². The van der Waals surface area contributed by atoms with Gasteiger partial charge in [0, 0.05) is 20.2 Å². The Labute approximate surface area is 113 Å². The fourth-order valence-corrected chi connectivity index (χ4v) is 4.03. The molecular formula is C14H30OSSi. The minimum Gasteiger partial charge on any atom is -0.287 e. The van der Waals surface area contributed by atoms with Crippen LogP contribution in [-0.4, -0.2) is 18.9 Å². The normalized spacial score (nSPS) is 11.8. The van der Waals surface area contributed by atoms with Crippen LogP contribution >= 0.6 is 11.8 Å². The van der Waals surface area contributed by atoms with Crippen LogP contribution < -0.4 is 0 Å². The van der Waals surface area contributed by atoms with E-state index in [4.69, 9.17) is 0 Å². The van der Waals surface area contributed by atoms with Crippen molar-refractivity contribution in [2.75, 3.05) is 5.75 Å². The zero-order valence-corrected chi connectivity index (χ0v) is 14.0. The molecule has 0 heterocycles. The molecular weight excluding hydrogens is 244 g/mol. The van der Waals surface area contributed by atoms with E-state index >= 15 is 0 Å². The van der Waals surface area contributed by atoms with Crippen LogP contribution in [0.25, 0.3) is 0 Å². The van der Waals surface area contributed by atoms with E-state index in [1.165, 1.54) is 38.1 Å². The highest BCUT2D eigenvalue weighted by molar-refractivity contribution is 8.13. The first-order chi connectivity index (χ1) is 7.95. The summed E-state index contributed by atoms with van der Waals surface area (Å²) in [5.74, 6) is 1.04. The third-order valence-electron chi connectivity index (χ3n) is 2.82. The van der Waals surface area contributed by atoms with Crippen molar-refractivity contribution in [2.45, 2.75) is 77.6 Å². The molecule has 0 aliphatic rings. The number of hydrogen-bond acceptors (Lipinski definition) is 2. The Morgan fingerprint density at radius 1 is 1.00 bits per heavy atom. The van der Waals surface area contributed by atoms with Gasteiger partial charge in [0.15, 0.2) is 5.12 Å². The van der Waals surface area contributed by atoms with E-state index in [1.807, 2.05) is 0 Å². The summed E-state index contributed by atoms with van der Waals surface area (Å²) in [6.45, 7) is 9.41. The lowest BCUT2D eigenvalue weighted by atomic mass is 10.1. The fraction of sp³-hybridized carbons (Fsp3) is 0.929. The largest absolute Gasteiger partial charge is 0.287 e. The number of hydrogen-bond donors (Lipinski definition) is 0. The second kappa shape index (κ2) is 10.2. The van der Waals surface area contributed by atoms with Gasteiger partial charge in [0.25, 0.3) is 0 Å². The zero-order valence-electron chi connectivity index (χ0n) is 12.2. The van der Waals surface area contributed by atoms with Crippen LogP contribution in [0.2, 0.25) is 25.7 Å². The Morgan fingerprint density at radius 2 is 1.65 bits per heavy atom. The minimum atomic E-state index is -0.894. The van der Waals surface area contributed by atoms with Crippen LogP contribution in [-0.2, 0) is 4.79 Å². The van der Waals surface area contributed by atoms with Crippen LogP contribution in [0, 0.1) is 0 Å². The third kappa shape index (κ3) is 14.2. The van der Waals surface area contributed by atoms with Crippen molar-refractivity contribution in [3.8, 4) is 0 Å². The molecule has 0 saturated heterocycles. The summed E-state index contributed by atoms with van der Waals surface area (Å²) in [6, 6.07) is 1.35. The van der Waals surface area contributed by atoms with E-state index in [9.17, 15) is 4.79 Å². The smallest absolute Gasteiger partial charge is 0.188 e. The van der Waals surface area contributed by atoms with Gasteiger partial charge in [0.05, 0.1) is 0 Å². The molecule has 0 spiro atoms. The molecule has 0 aliphatic heterocycles. The molecule has 0 aromatic heterocycles. The molecule has 102 valence electrons. The second-order valence-electron chi connectivity index (χ2n) is 6.05. The van der Waals surface area contributed by atoms with Gasteiger partial charge in [-0.05, 0) is 12.8 Å². The maximum atomic E-state index is 11.6. The zero-order chi connectivity index (χ0) is 13.1. The Bertz CT molecular complexity index is 199. The summed E-state index contributed by atoms with van der Waals surface area (Å²) >= 11 is 1.56. The molecule has 0 aromatic rings. The van der Waals surface area contributed by atoms with Crippen molar-refractivity contribution in [1.29, 1.82) is 0 Å². The lowest BCUT2D eigenvalue weighted by molar-refractivity contribution is -0.111. The quantitative estimate of drug-likeness (QED) is 0.395. The highest BCUT2D eigenvalue weighted by atomic mass is 32.2. The highest BCUT2D eigenvalue weighted by Crippen LogP contribution is 2.17. The summed E-state index contributed by atoms with van der Waals surface area (Å²) in [5, 5.41) is 0.414. The molecule has 0 unspecified atom stereocenters. The summed E-state index contributed by atoms with van der Waals surface area (Å²) in [7, 11) is -0.894. The summed E-state index contributed by atoms with van der Waals surface area (Å²) in [4.78, 5) is 11.6. The molecule has 1 nitrogen and oxygen atoms in total. The van der Waals surface area contributed by atoms with Crippen LogP contribution in [0.5, 0.6) is 0 Å². The lowest BCUT2D eigenvalue weighted by Gasteiger charge is -2.14. The monoisotopic (exact) mass is 274 g/mol. The predicted octanol–water partition coefficient (Wildman–Crippen LogP) is 5.34. The standard InChI is InChI=1S/C14H30OSSi/c1-5-6-7-8-9-11-14(15)16-12-10-13-17(2,3)4/h5-13H2,1-4H3. The molecule has 0 N–H and O–H groups in total. The highest BCUT2D eigenvalue weighted by Gasteiger charge is 2.12. The van der Waals surface area contributed by atoms with Crippen molar-refractivity contribution in [3.63, 3.8) is 0 Å². The van der Waals surface area contributed by atoms with E-state index in [0.29, 0.717) is 5.12 Å². The molecule has 0 radical (unpaired) electrons. The maximum Gasteiger partial charge on any atom is 0.188 e. The maximum absolute atomic E-state index is 11.6. The molecule has 0 rings (SSSR count). The molecule has 0 aliphatic carbocycles. The lowest BCUT2D eigenvalue weighted by Crippen LogP contribution is -2.19. The van der Waals surface area contributed by atoms with Crippen molar-refractivity contribution < 1.29 is 4.79 Å². The van der Waals surface area contributed by atoms with E-state index in [2.05, 4.69) is 26.6 Å². The van der Waals surface area contributed by atoms with Crippen molar-refractivity contribution >= 4 is 25.0 Å². The Morgan fingerprint density at radius 3 is 2.24 bits per heavy atom. The van der Waals surface area contributed by atoms with E-state index in [-0.39, 0.29) is 0 Å². The van der Waals surface area contributed by atoms with Crippen LogP contribution in [0.1, 0.15) is 51.9 Å². The van der Waals surface area contributed by atoms with Crippen LogP contribution in [0.4, 0.5) is 0 Å². The molecule has 0 aromatic carbocycles. The molecule has 0 saturated carbocycles. The number of carbonyl (C=O) groups excluding carboxylic acids is 1. The van der Waals surface area contributed by atoms with Crippen molar-refractivity contribution in [3.05, 3.63) is 0 Å². The molecule has 0 atom stereocenters. The first-order valence-electron chi connectivity index (χ1n) is 7.11. The van der Waals surface area contributed by atoms with Gasteiger partial charge in [-0.25, -0.2) is 0 Å². The van der Waals surface area contributed by atoms with Crippen LogP contribution in [0.15, 0.2) is 0 Å². The summed E-state index contributed by atoms with van der Waals surface area (Å²) in [5.41, 5.74) is 0. The summed E-state index contributed by atoms with van der Waals surface area (Å²) in [6.07, 6.45) is 8.24.